The predicted octanol–water partition coefficient (Wildman–Crippen LogP) is 3.31. The maximum Gasteiger partial charge on any atom is 0.389 e. The highest BCUT2D eigenvalue weighted by Crippen LogP contribution is 2.21. The Hall–Kier alpha value is -1.00. The Labute approximate surface area is 145 Å². The quantitative estimate of drug-likeness (QED) is 0.312. The van der Waals surface area contributed by atoms with E-state index in [0.717, 1.165) is 11.5 Å². The first kappa shape index (κ1) is 21.0. The Kier molecular flexibility index (Phi) is 9.45. The third-order valence-electron chi connectivity index (χ3n) is 2.88. The zero-order valence-corrected chi connectivity index (χ0v) is 15.2. The molecule has 0 saturated carbocycles. The Morgan fingerprint density at radius 2 is 1.91 bits per heavy atom. The second-order valence-electron chi connectivity index (χ2n) is 4.67. The van der Waals surface area contributed by atoms with Crippen LogP contribution in [0.4, 0.5) is 13.2 Å². The third kappa shape index (κ3) is 8.44. The molecule has 5 nitrogen and oxygen atoms in total. The van der Waals surface area contributed by atoms with Crippen molar-refractivity contribution in [3.05, 3.63) is 17.3 Å². The maximum absolute atomic E-state index is 12.0. The van der Waals surface area contributed by atoms with Gasteiger partial charge in [0.15, 0.2) is 5.96 Å². The molecule has 0 spiro atoms. The van der Waals surface area contributed by atoms with Gasteiger partial charge in [0, 0.05) is 20.0 Å². The number of hydrogen-bond donors (Lipinski definition) is 2. The van der Waals surface area contributed by atoms with Crippen LogP contribution < -0.4 is 10.6 Å². The minimum absolute atomic E-state index is 0. The van der Waals surface area contributed by atoms with E-state index >= 15 is 0 Å². The summed E-state index contributed by atoms with van der Waals surface area (Å²) in [5.74, 6) is 1.82. The summed E-state index contributed by atoms with van der Waals surface area (Å²) in [4.78, 5) is 8.20. The zero-order chi connectivity index (χ0) is 15.9. The molecule has 0 radical (unpaired) electrons. The van der Waals surface area contributed by atoms with Gasteiger partial charge < -0.3 is 15.1 Å². The lowest BCUT2D eigenvalue weighted by Crippen LogP contribution is -2.37. The van der Waals surface area contributed by atoms with E-state index in [1.54, 1.807) is 7.05 Å². The molecule has 0 fully saturated rings. The molecule has 0 amide bonds. The van der Waals surface area contributed by atoms with Crippen LogP contribution in [0.2, 0.25) is 0 Å². The lowest BCUT2D eigenvalue weighted by molar-refractivity contribution is -0.135. The number of rotatable bonds is 6. The monoisotopic (exact) mass is 434 g/mol. The van der Waals surface area contributed by atoms with Crippen molar-refractivity contribution in [2.24, 2.45) is 4.99 Å². The second kappa shape index (κ2) is 9.90. The number of nitrogens with one attached hydrogen (secondary N) is 2. The number of halogens is 4. The van der Waals surface area contributed by atoms with Crippen molar-refractivity contribution in [1.82, 2.24) is 15.6 Å². The van der Waals surface area contributed by atoms with Gasteiger partial charge in [-0.05, 0) is 26.7 Å². The summed E-state index contributed by atoms with van der Waals surface area (Å²) in [6, 6.07) is 0. The van der Waals surface area contributed by atoms with Gasteiger partial charge in [-0.15, -0.1) is 24.0 Å². The number of hydrogen-bond acceptors (Lipinski definition) is 3. The molecule has 1 aromatic heterocycles. The minimum Gasteiger partial charge on any atom is -0.444 e. The van der Waals surface area contributed by atoms with E-state index in [-0.39, 0.29) is 30.4 Å². The number of oxazole rings is 1. The summed E-state index contributed by atoms with van der Waals surface area (Å²) in [6.07, 6.45) is -4.31. The summed E-state index contributed by atoms with van der Waals surface area (Å²) in [5, 5.41) is 5.94. The molecule has 0 aliphatic rings. The van der Waals surface area contributed by atoms with Crippen LogP contribution in [0.5, 0.6) is 0 Å². The lowest BCUT2D eigenvalue weighted by Gasteiger charge is -2.11. The van der Waals surface area contributed by atoms with Gasteiger partial charge in [-0.2, -0.15) is 13.2 Å². The van der Waals surface area contributed by atoms with Crippen molar-refractivity contribution < 1.29 is 17.6 Å². The normalized spacial score (nSPS) is 12.0. The first-order valence-corrected chi connectivity index (χ1v) is 6.76. The van der Waals surface area contributed by atoms with E-state index in [4.69, 9.17) is 4.42 Å². The van der Waals surface area contributed by atoms with Gasteiger partial charge in [-0.1, -0.05) is 0 Å². The molecule has 22 heavy (non-hydrogen) atoms. The Morgan fingerprint density at radius 1 is 1.23 bits per heavy atom. The third-order valence-corrected chi connectivity index (χ3v) is 2.88. The molecule has 2 N–H and O–H groups in total. The van der Waals surface area contributed by atoms with E-state index in [2.05, 4.69) is 20.6 Å². The fourth-order valence-electron chi connectivity index (χ4n) is 1.65. The van der Waals surface area contributed by atoms with Crippen molar-refractivity contribution >= 4 is 29.9 Å². The average molecular weight is 434 g/mol. The van der Waals surface area contributed by atoms with Gasteiger partial charge >= 0.3 is 6.18 Å². The summed E-state index contributed by atoms with van der Waals surface area (Å²) in [6.45, 7) is 4.49. The molecule has 0 saturated heterocycles. The van der Waals surface area contributed by atoms with E-state index in [1.807, 2.05) is 13.8 Å². The fraction of sp³-hybridized carbons (Fsp3) is 0.692. The topological polar surface area (TPSA) is 62.5 Å². The maximum atomic E-state index is 12.0. The largest absolute Gasteiger partial charge is 0.444 e. The summed E-state index contributed by atoms with van der Waals surface area (Å²) < 4.78 is 41.3. The van der Waals surface area contributed by atoms with E-state index in [1.165, 1.54) is 0 Å². The summed E-state index contributed by atoms with van der Waals surface area (Å²) in [5.41, 5.74) is 0.835. The van der Waals surface area contributed by atoms with E-state index in [9.17, 15) is 13.2 Å². The molecule has 0 aromatic carbocycles. The van der Waals surface area contributed by atoms with Crippen molar-refractivity contribution in [2.75, 3.05) is 13.6 Å². The number of nitrogens with zero attached hydrogens (tertiary/aromatic N) is 2. The van der Waals surface area contributed by atoms with Crippen LogP contribution in [-0.4, -0.2) is 30.7 Å². The molecule has 0 atom stereocenters. The summed E-state index contributed by atoms with van der Waals surface area (Å²) >= 11 is 0. The lowest BCUT2D eigenvalue weighted by atomic mass is 10.2. The highest BCUT2D eigenvalue weighted by atomic mass is 127. The van der Waals surface area contributed by atoms with E-state index < -0.39 is 12.6 Å². The molecule has 0 bridgehead atoms. The van der Waals surface area contributed by atoms with Crippen LogP contribution in [0.3, 0.4) is 0 Å². The van der Waals surface area contributed by atoms with Gasteiger partial charge in [0.05, 0.1) is 12.2 Å². The summed E-state index contributed by atoms with van der Waals surface area (Å²) in [7, 11) is 1.59. The van der Waals surface area contributed by atoms with Gasteiger partial charge in [0.1, 0.15) is 5.76 Å². The van der Waals surface area contributed by atoms with Crippen LogP contribution in [0.15, 0.2) is 9.41 Å². The predicted molar refractivity (Wildman–Crippen MR) is 89.5 cm³/mol. The Bertz CT molecular complexity index is 455. The number of aliphatic imine (C=N–C) groups is 1. The molecule has 9 heteroatoms. The second-order valence-corrected chi connectivity index (χ2v) is 4.67. The molecule has 0 unspecified atom stereocenters. The number of unbranched alkanes of at least 4 members (excludes halogenated alkanes) is 1. The zero-order valence-electron chi connectivity index (χ0n) is 12.9. The standard InChI is InChI=1S/C13H21F3N4O.HI/c1-9-10(2)21-11(20-9)8-19-12(17-3)18-7-5-4-6-13(14,15)16;/h4-8H2,1-3H3,(H2,17,18,19);1H. The average Bonchev–Trinajstić information content (AvgIpc) is 2.71. The van der Waals surface area contributed by atoms with Crippen molar-refractivity contribution in [1.29, 1.82) is 0 Å². The minimum atomic E-state index is -4.08. The molecular formula is C13H22F3IN4O. The van der Waals surface area contributed by atoms with Crippen LogP contribution in [0.1, 0.15) is 36.6 Å². The molecule has 1 aromatic rings. The van der Waals surface area contributed by atoms with Gasteiger partial charge in [-0.3, -0.25) is 4.99 Å². The van der Waals surface area contributed by atoms with Crippen LogP contribution in [-0.2, 0) is 6.54 Å². The van der Waals surface area contributed by atoms with Gasteiger partial charge in [0.25, 0.3) is 0 Å². The number of aryl methyl sites for hydroxylation is 2. The van der Waals surface area contributed by atoms with Crippen molar-refractivity contribution in [2.45, 2.75) is 45.8 Å². The number of aromatic nitrogens is 1. The van der Waals surface area contributed by atoms with E-state index in [0.29, 0.717) is 31.4 Å². The molecule has 128 valence electrons. The van der Waals surface area contributed by atoms with Gasteiger partial charge in [0.2, 0.25) is 5.89 Å². The van der Waals surface area contributed by atoms with Crippen molar-refractivity contribution in [3.63, 3.8) is 0 Å². The number of alkyl halides is 3. The molecule has 0 aliphatic heterocycles. The first-order chi connectivity index (χ1) is 9.81. The smallest absolute Gasteiger partial charge is 0.389 e. The van der Waals surface area contributed by atoms with Crippen LogP contribution in [0, 0.1) is 13.8 Å². The molecule has 0 aliphatic carbocycles. The first-order valence-electron chi connectivity index (χ1n) is 6.76. The Morgan fingerprint density at radius 3 is 2.41 bits per heavy atom. The SMILES string of the molecule is CN=C(NCCCCC(F)(F)F)NCc1nc(C)c(C)o1.I. The molecule has 1 rings (SSSR count). The molecule has 1 heterocycles. The highest BCUT2D eigenvalue weighted by molar-refractivity contribution is 14.0. The molecular weight excluding hydrogens is 412 g/mol. The Balaban J connectivity index is 0.00000441. The fourth-order valence-corrected chi connectivity index (χ4v) is 1.65. The van der Waals surface area contributed by atoms with Crippen LogP contribution in [0.25, 0.3) is 0 Å². The van der Waals surface area contributed by atoms with Crippen LogP contribution >= 0.6 is 24.0 Å². The van der Waals surface area contributed by atoms with Crippen molar-refractivity contribution in [3.8, 4) is 0 Å². The highest BCUT2D eigenvalue weighted by Gasteiger charge is 2.25. The number of guanidine groups is 1. The van der Waals surface area contributed by atoms with Gasteiger partial charge in [-0.25, -0.2) is 4.98 Å².